The standard InChI is InChI=1S/C36H49N3O2.C29H36N4O2/c1-39(2,30-31-18-10-8-11-19-31)29-17-7-5-3-4-6-16-26-38-27-24-33(25-28-38)41-36(40)37-35-23-15-14-22-34(35)32-20-12-9-13-21-32;1-4-33(2,3)22-25-14-10-13-24(30-25)21-32-19-17-26(18-20-32)35-29(34)31-28-16-9-8-15-27(28)23-11-6-5-7-12-23/h8-15,18-23,33H,3-7,16-17,24-30H2,1-2H3;5-16,26H,4,17-22H2,1-3H3/p+2. The number of carbonyl (C=O) groups is 2. The van der Waals surface area contributed by atoms with Crippen molar-refractivity contribution in [3.05, 3.63) is 175 Å². The normalized spacial score (nSPS) is 14.8. The van der Waals surface area contributed by atoms with E-state index >= 15 is 0 Å². The zero-order chi connectivity index (χ0) is 53.4. The van der Waals surface area contributed by atoms with Gasteiger partial charge in [-0.05, 0) is 93.8 Å². The molecule has 3 heterocycles. The van der Waals surface area contributed by atoms with Crippen LogP contribution in [-0.2, 0) is 29.1 Å². The highest BCUT2D eigenvalue weighted by atomic mass is 16.6. The Bertz CT molecular complexity index is 2630. The Morgan fingerprint density at radius 3 is 1.47 bits per heavy atom. The highest BCUT2D eigenvalue weighted by molar-refractivity contribution is 5.92. The van der Waals surface area contributed by atoms with Crippen molar-refractivity contribution >= 4 is 23.6 Å². The van der Waals surface area contributed by atoms with E-state index < -0.39 is 6.09 Å². The molecule has 2 N–H and O–H groups in total. The molecule has 0 radical (unpaired) electrons. The maximum Gasteiger partial charge on any atom is 0.411 e. The van der Waals surface area contributed by atoms with Gasteiger partial charge in [0.15, 0.2) is 0 Å². The van der Waals surface area contributed by atoms with Crippen LogP contribution in [0.3, 0.4) is 0 Å². The van der Waals surface area contributed by atoms with E-state index in [2.05, 4.69) is 116 Å². The summed E-state index contributed by atoms with van der Waals surface area (Å²) < 4.78 is 13.6. The van der Waals surface area contributed by atoms with Gasteiger partial charge in [-0.15, -0.1) is 0 Å². The van der Waals surface area contributed by atoms with Crippen molar-refractivity contribution in [1.29, 1.82) is 0 Å². The number of nitrogens with one attached hydrogen (secondary N) is 2. The lowest BCUT2D eigenvalue weighted by Crippen LogP contribution is -2.39. The predicted octanol–water partition coefficient (Wildman–Crippen LogP) is 13.9. The van der Waals surface area contributed by atoms with Gasteiger partial charge in [0.25, 0.3) is 0 Å². The van der Waals surface area contributed by atoms with Crippen LogP contribution >= 0.6 is 0 Å². The fourth-order valence-corrected chi connectivity index (χ4v) is 10.3. The molecule has 2 amide bonds. The molecule has 6 aromatic rings. The molecule has 2 aliphatic heterocycles. The van der Waals surface area contributed by atoms with Crippen LogP contribution in [0.4, 0.5) is 21.0 Å². The largest absolute Gasteiger partial charge is 0.446 e. The molecule has 11 heteroatoms. The number of hydrogen-bond donors (Lipinski definition) is 2. The molecule has 0 atom stereocenters. The maximum atomic E-state index is 12.7. The third-order valence-corrected chi connectivity index (χ3v) is 15.0. The number of benzene rings is 5. The average molecular weight is 1030 g/mol. The van der Waals surface area contributed by atoms with E-state index in [1.165, 1.54) is 57.1 Å². The number of amides is 2. The van der Waals surface area contributed by atoms with Gasteiger partial charge in [-0.1, -0.05) is 159 Å². The summed E-state index contributed by atoms with van der Waals surface area (Å²) in [7, 11) is 9.16. The number of pyridine rings is 1. The first-order chi connectivity index (χ1) is 36.9. The Morgan fingerprint density at radius 1 is 0.500 bits per heavy atom. The fraction of sp³-hybridized carbons (Fsp3) is 0.431. The second-order valence-corrected chi connectivity index (χ2v) is 22.2. The minimum Gasteiger partial charge on any atom is -0.446 e. The number of quaternary nitrogens is 2. The van der Waals surface area contributed by atoms with Crippen molar-refractivity contribution in [2.45, 2.75) is 109 Å². The van der Waals surface area contributed by atoms with E-state index in [1.54, 1.807) is 0 Å². The molecule has 2 fully saturated rings. The highest BCUT2D eigenvalue weighted by Crippen LogP contribution is 2.30. The molecule has 0 spiro atoms. The Morgan fingerprint density at radius 2 is 0.947 bits per heavy atom. The highest BCUT2D eigenvalue weighted by Gasteiger charge is 2.25. The summed E-state index contributed by atoms with van der Waals surface area (Å²) in [5.41, 5.74) is 9.34. The number of unbranched alkanes of at least 4 members (excludes halogenated alkanes) is 6. The van der Waals surface area contributed by atoms with Gasteiger partial charge in [0.1, 0.15) is 25.3 Å². The molecule has 5 aromatic carbocycles. The maximum absolute atomic E-state index is 12.7. The van der Waals surface area contributed by atoms with E-state index in [9.17, 15) is 9.59 Å². The molecule has 8 rings (SSSR count). The first-order valence-corrected chi connectivity index (χ1v) is 28.2. The van der Waals surface area contributed by atoms with E-state index in [1.807, 2.05) is 97.1 Å². The van der Waals surface area contributed by atoms with Crippen LogP contribution < -0.4 is 10.6 Å². The molecule has 1 aromatic heterocycles. The fourth-order valence-electron chi connectivity index (χ4n) is 10.3. The number of para-hydroxylation sites is 2. The third kappa shape index (κ3) is 19.6. The van der Waals surface area contributed by atoms with Crippen molar-refractivity contribution in [3.63, 3.8) is 0 Å². The lowest BCUT2D eigenvalue weighted by Gasteiger charge is -2.31. The van der Waals surface area contributed by atoms with Crippen LogP contribution in [0.1, 0.15) is 94.5 Å². The number of aromatic nitrogens is 1. The minimum absolute atomic E-state index is 0.00793. The molecular weight excluding hydrogens is 943 g/mol. The first kappa shape index (κ1) is 57.3. The summed E-state index contributed by atoms with van der Waals surface area (Å²) in [6, 6.07) is 53.1. The summed E-state index contributed by atoms with van der Waals surface area (Å²) in [6.07, 6.45) is 11.9. The lowest BCUT2D eigenvalue weighted by molar-refractivity contribution is -0.903. The van der Waals surface area contributed by atoms with E-state index in [0.717, 1.165) is 139 Å². The number of hydrogen-bond acceptors (Lipinski definition) is 7. The molecule has 11 nitrogen and oxygen atoms in total. The van der Waals surface area contributed by atoms with Crippen LogP contribution in [0.25, 0.3) is 22.3 Å². The lowest BCUT2D eigenvalue weighted by atomic mass is 10.0. The number of piperidine rings is 2. The summed E-state index contributed by atoms with van der Waals surface area (Å²) in [5, 5.41) is 5.93. The smallest absolute Gasteiger partial charge is 0.411 e. The Hall–Kier alpha value is -6.37. The van der Waals surface area contributed by atoms with E-state index in [4.69, 9.17) is 14.5 Å². The van der Waals surface area contributed by atoms with Crippen LogP contribution in [0.5, 0.6) is 0 Å². The molecule has 0 unspecified atom stereocenters. The third-order valence-electron chi connectivity index (χ3n) is 15.0. The second kappa shape index (κ2) is 29.8. The summed E-state index contributed by atoms with van der Waals surface area (Å²) in [5.74, 6) is 0. The monoisotopic (exact) mass is 1030 g/mol. The van der Waals surface area contributed by atoms with E-state index in [0.29, 0.717) is 0 Å². The van der Waals surface area contributed by atoms with Gasteiger partial charge in [-0.3, -0.25) is 20.5 Å². The zero-order valence-electron chi connectivity index (χ0n) is 46.4. The minimum atomic E-state index is -0.391. The first-order valence-electron chi connectivity index (χ1n) is 28.2. The SMILES string of the molecule is CC[N+](C)(C)Cc1cccc(CN2CCC(OC(=O)Nc3ccccc3-c3ccccc3)CC2)n1.C[N+](C)(CCCCCCCCCN1CCC(OC(=O)Nc2ccccc2-c2ccccc2)CC1)Cc1ccccc1. The average Bonchev–Trinajstić information content (AvgIpc) is 3.42. The zero-order valence-corrected chi connectivity index (χ0v) is 46.4. The number of likely N-dealkylation sites (tertiary alicyclic amines) is 2. The number of rotatable bonds is 23. The Kier molecular flexibility index (Phi) is 22.5. The predicted molar refractivity (Wildman–Crippen MR) is 312 cm³/mol. The van der Waals surface area contributed by atoms with Crippen LogP contribution in [0.15, 0.2) is 158 Å². The van der Waals surface area contributed by atoms with Crippen molar-refractivity contribution in [2.75, 3.05) is 84.6 Å². The van der Waals surface area contributed by atoms with Gasteiger partial charge >= 0.3 is 12.2 Å². The van der Waals surface area contributed by atoms with E-state index in [-0.39, 0.29) is 18.3 Å². The summed E-state index contributed by atoms with van der Waals surface area (Å²) >= 11 is 0. The van der Waals surface area contributed by atoms with Gasteiger partial charge in [-0.2, -0.15) is 0 Å². The molecular formula is C65H87N7O4+2. The number of nitrogens with zero attached hydrogens (tertiary/aromatic N) is 5. The molecule has 76 heavy (non-hydrogen) atoms. The number of carbonyl (C=O) groups excluding carboxylic acids is 2. The van der Waals surface area contributed by atoms with Crippen LogP contribution in [0.2, 0.25) is 0 Å². The van der Waals surface area contributed by atoms with Crippen LogP contribution in [-0.4, -0.2) is 122 Å². The van der Waals surface area contributed by atoms with Crippen molar-refractivity contribution in [3.8, 4) is 22.3 Å². The van der Waals surface area contributed by atoms with Crippen molar-refractivity contribution < 1.29 is 28.0 Å². The van der Waals surface area contributed by atoms with Gasteiger partial charge in [0.05, 0.1) is 64.0 Å². The molecule has 2 saturated heterocycles. The topological polar surface area (TPSA) is 96.0 Å². The van der Waals surface area contributed by atoms with Crippen LogP contribution in [0, 0.1) is 0 Å². The van der Waals surface area contributed by atoms with Crippen molar-refractivity contribution in [2.24, 2.45) is 0 Å². The number of anilines is 2. The van der Waals surface area contributed by atoms with Gasteiger partial charge in [-0.25, -0.2) is 9.59 Å². The van der Waals surface area contributed by atoms with Gasteiger partial charge in [0.2, 0.25) is 0 Å². The number of ether oxygens (including phenoxy) is 2. The molecule has 0 bridgehead atoms. The van der Waals surface area contributed by atoms with Gasteiger partial charge in [0, 0.05) is 49.4 Å². The molecule has 404 valence electrons. The van der Waals surface area contributed by atoms with Gasteiger partial charge < -0.3 is 23.3 Å². The molecule has 0 saturated carbocycles. The van der Waals surface area contributed by atoms with Crippen molar-refractivity contribution in [1.82, 2.24) is 14.8 Å². The quantitative estimate of drug-likeness (QED) is 0.0487. The second-order valence-electron chi connectivity index (χ2n) is 22.2. The molecule has 0 aliphatic carbocycles. The Balaban J connectivity index is 0.000000224. The summed E-state index contributed by atoms with van der Waals surface area (Å²) in [4.78, 5) is 35.1. The summed E-state index contributed by atoms with van der Waals surface area (Å²) in [6.45, 7) is 12.4. The molecule has 2 aliphatic rings. The Labute approximate surface area is 455 Å².